The van der Waals surface area contributed by atoms with Gasteiger partial charge in [0.05, 0.1) is 6.54 Å². The third kappa shape index (κ3) is 6.52. The van der Waals surface area contributed by atoms with Crippen molar-refractivity contribution in [3.8, 4) is 0 Å². The van der Waals surface area contributed by atoms with Gasteiger partial charge in [0.25, 0.3) is 0 Å². The summed E-state index contributed by atoms with van der Waals surface area (Å²) in [6.07, 6.45) is 2.54. The fourth-order valence-corrected chi connectivity index (χ4v) is 2.81. The van der Waals surface area contributed by atoms with Crippen LogP contribution in [0.15, 0.2) is 35.3 Å². The maximum absolute atomic E-state index is 6.11. The Morgan fingerprint density at radius 1 is 1.36 bits per heavy atom. The van der Waals surface area contributed by atoms with Crippen LogP contribution in [0.1, 0.15) is 25.3 Å². The monoisotopic (exact) mass is 416 g/mol. The minimum absolute atomic E-state index is 0. The summed E-state index contributed by atoms with van der Waals surface area (Å²) in [5.41, 5.74) is 7.44. The van der Waals surface area contributed by atoms with Crippen LogP contribution < -0.4 is 5.73 Å². The summed E-state index contributed by atoms with van der Waals surface area (Å²) in [7, 11) is 2.13. The van der Waals surface area contributed by atoms with E-state index < -0.39 is 0 Å². The molecule has 2 rings (SSSR count). The highest BCUT2D eigenvalue weighted by atomic mass is 127. The van der Waals surface area contributed by atoms with E-state index in [4.69, 9.17) is 5.73 Å². The SMILES string of the molecule is CC1CCCN(C(N)=NCCN(C)Cc2ccccc2)C1.I. The summed E-state index contributed by atoms with van der Waals surface area (Å²) in [6, 6.07) is 10.5. The molecule has 0 aliphatic carbocycles. The summed E-state index contributed by atoms with van der Waals surface area (Å²) in [5, 5.41) is 0. The Hall–Kier alpha value is -0.820. The third-order valence-electron chi connectivity index (χ3n) is 4.03. The second-order valence-corrected chi connectivity index (χ2v) is 6.16. The van der Waals surface area contributed by atoms with E-state index in [1.54, 1.807) is 0 Å². The zero-order valence-corrected chi connectivity index (χ0v) is 16.1. The lowest BCUT2D eigenvalue weighted by molar-refractivity contribution is 0.269. The fraction of sp³-hybridized carbons (Fsp3) is 0.588. The van der Waals surface area contributed by atoms with Crippen LogP contribution >= 0.6 is 24.0 Å². The lowest BCUT2D eigenvalue weighted by Gasteiger charge is -2.31. The Morgan fingerprint density at radius 3 is 2.77 bits per heavy atom. The van der Waals surface area contributed by atoms with Crippen molar-refractivity contribution in [1.82, 2.24) is 9.80 Å². The molecule has 124 valence electrons. The third-order valence-corrected chi connectivity index (χ3v) is 4.03. The van der Waals surface area contributed by atoms with Gasteiger partial charge >= 0.3 is 0 Å². The number of nitrogens with two attached hydrogens (primary N) is 1. The first kappa shape index (κ1) is 19.2. The van der Waals surface area contributed by atoms with E-state index in [9.17, 15) is 0 Å². The number of halogens is 1. The minimum Gasteiger partial charge on any atom is -0.370 e. The number of nitrogens with zero attached hydrogens (tertiary/aromatic N) is 3. The van der Waals surface area contributed by atoms with Crippen LogP contribution in [0, 0.1) is 5.92 Å². The fourth-order valence-electron chi connectivity index (χ4n) is 2.81. The number of guanidine groups is 1. The van der Waals surface area contributed by atoms with E-state index in [2.05, 4.69) is 53.0 Å². The normalized spacial score (nSPS) is 19.1. The topological polar surface area (TPSA) is 44.9 Å². The van der Waals surface area contributed by atoms with Crippen LogP contribution in [-0.2, 0) is 6.54 Å². The molecular weight excluding hydrogens is 387 g/mol. The van der Waals surface area contributed by atoms with Crippen molar-refractivity contribution in [2.24, 2.45) is 16.6 Å². The van der Waals surface area contributed by atoms with Crippen molar-refractivity contribution in [1.29, 1.82) is 0 Å². The lowest BCUT2D eigenvalue weighted by Crippen LogP contribution is -2.43. The zero-order valence-electron chi connectivity index (χ0n) is 13.7. The first-order valence-corrected chi connectivity index (χ1v) is 7.92. The van der Waals surface area contributed by atoms with Gasteiger partial charge in [-0.2, -0.15) is 0 Å². The number of piperidine rings is 1. The molecule has 4 nitrogen and oxygen atoms in total. The summed E-state index contributed by atoms with van der Waals surface area (Å²) in [5.74, 6) is 1.45. The molecule has 1 aliphatic heterocycles. The van der Waals surface area contributed by atoms with Gasteiger partial charge in [0.15, 0.2) is 5.96 Å². The Bertz CT molecular complexity index is 449. The van der Waals surface area contributed by atoms with Crippen molar-refractivity contribution in [2.45, 2.75) is 26.3 Å². The van der Waals surface area contributed by atoms with Gasteiger partial charge in [-0.1, -0.05) is 37.3 Å². The smallest absolute Gasteiger partial charge is 0.191 e. The number of hydrogen-bond acceptors (Lipinski definition) is 2. The summed E-state index contributed by atoms with van der Waals surface area (Å²) < 4.78 is 0. The first-order chi connectivity index (χ1) is 10.1. The molecule has 0 bridgehead atoms. The molecule has 1 aromatic rings. The van der Waals surface area contributed by atoms with Crippen molar-refractivity contribution in [3.05, 3.63) is 35.9 Å². The van der Waals surface area contributed by atoms with Gasteiger partial charge in [-0.15, -0.1) is 24.0 Å². The molecule has 0 amide bonds. The highest BCUT2D eigenvalue weighted by molar-refractivity contribution is 14.0. The van der Waals surface area contributed by atoms with Gasteiger partial charge in [-0.25, -0.2) is 0 Å². The van der Waals surface area contributed by atoms with E-state index in [-0.39, 0.29) is 24.0 Å². The van der Waals surface area contributed by atoms with Crippen LogP contribution in [0.5, 0.6) is 0 Å². The quantitative estimate of drug-likeness (QED) is 0.456. The Labute approximate surface area is 151 Å². The Kier molecular flexibility index (Phi) is 8.78. The second kappa shape index (κ2) is 10.0. The van der Waals surface area contributed by atoms with Gasteiger partial charge in [0.2, 0.25) is 0 Å². The average Bonchev–Trinajstić information content (AvgIpc) is 2.48. The Morgan fingerprint density at radius 2 is 2.09 bits per heavy atom. The summed E-state index contributed by atoms with van der Waals surface area (Å²) >= 11 is 0. The number of hydrogen-bond donors (Lipinski definition) is 1. The number of benzene rings is 1. The van der Waals surface area contributed by atoms with Gasteiger partial charge < -0.3 is 15.5 Å². The van der Waals surface area contributed by atoms with Crippen molar-refractivity contribution < 1.29 is 0 Å². The van der Waals surface area contributed by atoms with Gasteiger partial charge in [-0.05, 0) is 31.4 Å². The van der Waals surface area contributed by atoms with E-state index in [1.807, 2.05) is 6.07 Å². The molecule has 2 N–H and O–H groups in total. The van der Waals surface area contributed by atoms with E-state index in [0.717, 1.165) is 44.6 Å². The van der Waals surface area contributed by atoms with Crippen LogP contribution in [0.4, 0.5) is 0 Å². The lowest BCUT2D eigenvalue weighted by atomic mass is 10.0. The predicted octanol–water partition coefficient (Wildman–Crippen LogP) is 2.78. The average molecular weight is 416 g/mol. The number of likely N-dealkylation sites (tertiary alicyclic amines) is 1. The van der Waals surface area contributed by atoms with Gasteiger partial charge in [-0.3, -0.25) is 4.99 Å². The van der Waals surface area contributed by atoms with E-state index in [1.165, 1.54) is 18.4 Å². The molecule has 1 atom stereocenters. The first-order valence-electron chi connectivity index (χ1n) is 7.92. The minimum atomic E-state index is 0. The molecule has 1 aliphatic rings. The molecule has 1 saturated heterocycles. The zero-order chi connectivity index (χ0) is 15.1. The molecule has 1 fully saturated rings. The predicted molar refractivity (Wildman–Crippen MR) is 105 cm³/mol. The van der Waals surface area contributed by atoms with Gasteiger partial charge in [0.1, 0.15) is 0 Å². The molecule has 0 spiro atoms. The van der Waals surface area contributed by atoms with E-state index in [0.29, 0.717) is 0 Å². The molecule has 0 aromatic heterocycles. The highest BCUT2D eigenvalue weighted by Crippen LogP contribution is 2.14. The van der Waals surface area contributed by atoms with Crippen LogP contribution in [-0.4, -0.2) is 49.0 Å². The molecule has 1 unspecified atom stereocenters. The van der Waals surface area contributed by atoms with Crippen LogP contribution in [0.2, 0.25) is 0 Å². The molecule has 0 radical (unpaired) electrons. The molecule has 0 saturated carbocycles. The molecule has 1 aromatic carbocycles. The number of rotatable bonds is 5. The summed E-state index contributed by atoms with van der Waals surface area (Å²) in [6.45, 7) is 7.04. The van der Waals surface area contributed by atoms with E-state index >= 15 is 0 Å². The van der Waals surface area contributed by atoms with Crippen LogP contribution in [0.3, 0.4) is 0 Å². The van der Waals surface area contributed by atoms with Crippen molar-refractivity contribution in [3.63, 3.8) is 0 Å². The van der Waals surface area contributed by atoms with Crippen molar-refractivity contribution >= 4 is 29.9 Å². The molecule has 5 heteroatoms. The summed E-state index contributed by atoms with van der Waals surface area (Å²) in [4.78, 5) is 9.05. The Balaban J connectivity index is 0.00000242. The number of likely N-dealkylation sites (N-methyl/N-ethyl adjacent to an activating group) is 1. The maximum atomic E-state index is 6.11. The maximum Gasteiger partial charge on any atom is 0.191 e. The largest absolute Gasteiger partial charge is 0.370 e. The molecule has 1 heterocycles. The van der Waals surface area contributed by atoms with Gasteiger partial charge in [0, 0.05) is 26.2 Å². The number of aliphatic imine (C=N–C) groups is 1. The highest BCUT2D eigenvalue weighted by Gasteiger charge is 2.17. The standard InChI is InChI=1S/C17H28N4.HI/c1-15-7-6-11-21(13-15)17(18)19-10-12-20(2)14-16-8-4-3-5-9-16;/h3-5,8-9,15H,6-7,10-14H2,1-2H3,(H2,18,19);1H. The van der Waals surface area contributed by atoms with Crippen molar-refractivity contribution in [2.75, 3.05) is 33.2 Å². The molecule has 22 heavy (non-hydrogen) atoms. The second-order valence-electron chi connectivity index (χ2n) is 6.16. The molecular formula is C17H29IN4. The van der Waals surface area contributed by atoms with Crippen LogP contribution in [0.25, 0.3) is 0 Å².